The molecule has 5 nitrogen and oxygen atoms in total. The Morgan fingerprint density at radius 3 is 2.86 bits per heavy atom. The van der Waals surface area contributed by atoms with Gasteiger partial charge in [0.2, 0.25) is 11.7 Å². The third-order valence-corrected chi connectivity index (χ3v) is 1.56. The minimum absolute atomic E-state index is 0. The molecule has 0 bridgehead atoms. The first kappa shape index (κ1) is 10.6. The van der Waals surface area contributed by atoms with Gasteiger partial charge < -0.3 is 10.3 Å². The summed E-state index contributed by atoms with van der Waals surface area (Å²) in [5.41, 5.74) is 6.15. The minimum Gasteiger partial charge on any atom is -0.338 e. The molecule has 0 saturated carbocycles. The van der Waals surface area contributed by atoms with E-state index in [0.717, 1.165) is 5.56 Å². The van der Waals surface area contributed by atoms with Crippen LogP contribution in [0.4, 0.5) is 0 Å². The van der Waals surface area contributed by atoms with Crippen molar-refractivity contribution in [2.24, 2.45) is 5.73 Å². The second kappa shape index (κ2) is 4.69. The van der Waals surface area contributed by atoms with Crippen LogP contribution in [0.1, 0.15) is 5.89 Å². The lowest BCUT2D eigenvalue weighted by molar-refractivity contribution is 0.380. The molecule has 0 radical (unpaired) electrons. The summed E-state index contributed by atoms with van der Waals surface area (Å²) in [6.07, 6.45) is 3.36. The first-order valence-electron chi connectivity index (χ1n) is 3.83. The number of rotatable bonds is 2. The Morgan fingerprint density at radius 2 is 2.29 bits per heavy atom. The largest absolute Gasteiger partial charge is 0.338 e. The Hall–Kier alpha value is -1.46. The molecule has 0 saturated heterocycles. The highest BCUT2D eigenvalue weighted by Crippen LogP contribution is 2.12. The van der Waals surface area contributed by atoms with Crippen molar-refractivity contribution >= 4 is 12.4 Å². The molecule has 2 rings (SSSR count). The van der Waals surface area contributed by atoms with Crippen LogP contribution in [0.5, 0.6) is 0 Å². The first-order valence-corrected chi connectivity index (χ1v) is 3.83. The van der Waals surface area contributed by atoms with Crippen LogP contribution in [0.3, 0.4) is 0 Å². The maximum absolute atomic E-state index is 5.33. The normalized spacial score (nSPS) is 9.50. The number of hydrogen-bond donors (Lipinski definition) is 1. The summed E-state index contributed by atoms with van der Waals surface area (Å²) in [7, 11) is 0. The molecule has 0 aromatic carbocycles. The van der Waals surface area contributed by atoms with Crippen molar-refractivity contribution in [1.82, 2.24) is 15.1 Å². The second-order valence-corrected chi connectivity index (χ2v) is 2.46. The fourth-order valence-electron chi connectivity index (χ4n) is 0.950. The van der Waals surface area contributed by atoms with Crippen molar-refractivity contribution in [3.05, 3.63) is 30.4 Å². The van der Waals surface area contributed by atoms with Crippen molar-refractivity contribution in [3.8, 4) is 11.4 Å². The fraction of sp³-hybridized carbons (Fsp3) is 0.125. The van der Waals surface area contributed by atoms with Crippen molar-refractivity contribution in [2.75, 3.05) is 0 Å². The van der Waals surface area contributed by atoms with E-state index in [4.69, 9.17) is 10.3 Å². The van der Waals surface area contributed by atoms with E-state index < -0.39 is 0 Å². The van der Waals surface area contributed by atoms with E-state index in [0.29, 0.717) is 11.7 Å². The van der Waals surface area contributed by atoms with Gasteiger partial charge >= 0.3 is 0 Å². The average molecular weight is 213 g/mol. The lowest BCUT2D eigenvalue weighted by Gasteiger charge is -1.89. The summed E-state index contributed by atoms with van der Waals surface area (Å²) in [5, 5.41) is 3.75. The van der Waals surface area contributed by atoms with Gasteiger partial charge in [0, 0.05) is 18.0 Å². The lowest BCUT2D eigenvalue weighted by Crippen LogP contribution is -1.95. The van der Waals surface area contributed by atoms with E-state index in [9.17, 15) is 0 Å². The predicted octanol–water partition coefficient (Wildman–Crippen LogP) is 1.01. The van der Waals surface area contributed by atoms with Crippen LogP contribution in [-0.2, 0) is 6.54 Å². The molecule has 0 fully saturated rings. The van der Waals surface area contributed by atoms with E-state index in [-0.39, 0.29) is 19.0 Å². The summed E-state index contributed by atoms with van der Waals surface area (Å²) in [6.45, 7) is 0.257. The molecule has 0 spiro atoms. The van der Waals surface area contributed by atoms with Crippen LogP contribution >= 0.6 is 12.4 Å². The zero-order valence-corrected chi connectivity index (χ0v) is 8.07. The number of hydrogen-bond acceptors (Lipinski definition) is 5. The summed E-state index contributed by atoms with van der Waals surface area (Å²) in [5.74, 6) is 0.951. The highest BCUT2D eigenvalue weighted by atomic mass is 35.5. The van der Waals surface area contributed by atoms with E-state index >= 15 is 0 Å². The SMILES string of the molecule is Cl.NCc1nc(-c2cccnc2)no1. The molecule has 74 valence electrons. The molecule has 0 aliphatic rings. The van der Waals surface area contributed by atoms with E-state index in [1.807, 2.05) is 12.1 Å². The standard InChI is InChI=1S/C8H8N4O.ClH/c9-4-7-11-8(12-13-7)6-2-1-3-10-5-6;/h1-3,5H,4,9H2;1H. The molecular weight excluding hydrogens is 204 g/mol. The third-order valence-electron chi connectivity index (χ3n) is 1.56. The highest BCUT2D eigenvalue weighted by Gasteiger charge is 2.05. The zero-order chi connectivity index (χ0) is 9.10. The monoisotopic (exact) mass is 212 g/mol. The Balaban J connectivity index is 0.000000980. The molecule has 2 aromatic rings. The number of aromatic nitrogens is 3. The first-order chi connectivity index (χ1) is 6.40. The Morgan fingerprint density at radius 1 is 1.43 bits per heavy atom. The van der Waals surface area contributed by atoms with Crippen LogP contribution in [0, 0.1) is 0 Å². The van der Waals surface area contributed by atoms with E-state index in [1.54, 1.807) is 12.4 Å². The van der Waals surface area contributed by atoms with Crippen molar-refractivity contribution in [3.63, 3.8) is 0 Å². The van der Waals surface area contributed by atoms with Crippen molar-refractivity contribution in [1.29, 1.82) is 0 Å². The molecule has 6 heteroatoms. The highest BCUT2D eigenvalue weighted by molar-refractivity contribution is 5.85. The van der Waals surface area contributed by atoms with Crippen LogP contribution in [-0.4, -0.2) is 15.1 Å². The third kappa shape index (κ3) is 2.07. The van der Waals surface area contributed by atoms with Crippen molar-refractivity contribution < 1.29 is 4.52 Å². The molecular formula is C8H9ClN4O. The quantitative estimate of drug-likeness (QED) is 0.804. The molecule has 0 atom stereocenters. The summed E-state index contributed by atoms with van der Waals surface area (Å²) < 4.78 is 4.85. The zero-order valence-electron chi connectivity index (χ0n) is 7.25. The van der Waals surface area contributed by atoms with Crippen LogP contribution in [0.25, 0.3) is 11.4 Å². The smallest absolute Gasteiger partial charge is 0.240 e. The summed E-state index contributed by atoms with van der Waals surface area (Å²) >= 11 is 0. The molecule has 0 amide bonds. The van der Waals surface area contributed by atoms with Gasteiger partial charge in [0.25, 0.3) is 0 Å². The van der Waals surface area contributed by atoms with Gasteiger partial charge in [-0.1, -0.05) is 5.16 Å². The maximum atomic E-state index is 5.33. The Kier molecular flexibility index (Phi) is 3.55. The van der Waals surface area contributed by atoms with Gasteiger partial charge in [-0.15, -0.1) is 12.4 Å². The summed E-state index contributed by atoms with van der Waals surface area (Å²) in [4.78, 5) is 8.00. The van der Waals surface area contributed by atoms with Gasteiger partial charge in [0.15, 0.2) is 0 Å². The van der Waals surface area contributed by atoms with Crippen LogP contribution in [0.15, 0.2) is 29.0 Å². The maximum Gasteiger partial charge on any atom is 0.240 e. The van der Waals surface area contributed by atoms with Gasteiger partial charge in [0.05, 0.1) is 6.54 Å². The van der Waals surface area contributed by atoms with Gasteiger partial charge in [-0.3, -0.25) is 4.98 Å². The fourth-order valence-corrected chi connectivity index (χ4v) is 0.950. The van der Waals surface area contributed by atoms with Gasteiger partial charge in [-0.05, 0) is 12.1 Å². The van der Waals surface area contributed by atoms with E-state index in [1.165, 1.54) is 0 Å². The topological polar surface area (TPSA) is 77.8 Å². The number of pyridine rings is 1. The predicted molar refractivity (Wildman–Crippen MR) is 52.7 cm³/mol. The molecule has 0 aliphatic heterocycles. The van der Waals surface area contributed by atoms with Gasteiger partial charge in [0.1, 0.15) is 0 Å². The van der Waals surface area contributed by atoms with Crippen LogP contribution in [0.2, 0.25) is 0 Å². The van der Waals surface area contributed by atoms with Gasteiger partial charge in [-0.25, -0.2) is 0 Å². The number of halogens is 1. The number of nitrogens with zero attached hydrogens (tertiary/aromatic N) is 3. The molecule has 2 heterocycles. The van der Waals surface area contributed by atoms with Crippen molar-refractivity contribution in [2.45, 2.75) is 6.54 Å². The number of nitrogens with two attached hydrogens (primary N) is 1. The molecule has 0 unspecified atom stereocenters. The molecule has 0 aliphatic carbocycles. The lowest BCUT2D eigenvalue weighted by atomic mass is 10.3. The average Bonchev–Trinajstić information content (AvgIpc) is 2.67. The second-order valence-electron chi connectivity index (χ2n) is 2.46. The minimum atomic E-state index is 0. The van der Waals surface area contributed by atoms with E-state index in [2.05, 4.69) is 15.1 Å². The Bertz CT molecular complexity index is 389. The molecule has 14 heavy (non-hydrogen) atoms. The molecule has 2 N–H and O–H groups in total. The van der Waals surface area contributed by atoms with Gasteiger partial charge in [-0.2, -0.15) is 4.98 Å². The molecule has 2 aromatic heterocycles. The van der Waals surface area contributed by atoms with Crippen LogP contribution < -0.4 is 5.73 Å². The summed E-state index contributed by atoms with van der Waals surface area (Å²) in [6, 6.07) is 3.67. The Labute approximate surface area is 86.8 Å².